The van der Waals surface area contributed by atoms with Crippen LogP contribution in [0.25, 0.3) is 0 Å². The minimum Gasteiger partial charge on any atom is -0.459 e. The summed E-state index contributed by atoms with van der Waals surface area (Å²) in [6, 6.07) is 0. The van der Waals surface area contributed by atoms with E-state index in [1.165, 1.54) is 0 Å². The van der Waals surface area contributed by atoms with Gasteiger partial charge in [0.15, 0.2) is 0 Å². The maximum atomic E-state index is 11.3. The van der Waals surface area contributed by atoms with Crippen molar-refractivity contribution in [2.24, 2.45) is 0 Å². The summed E-state index contributed by atoms with van der Waals surface area (Å²) in [6.07, 6.45) is 2.93. The zero-order chi connectivity index (χ0) is 22.1. The number of rotatable bonds is 18. The minimum absolute atomic E-state index is 0.0289. The van der Waals surface area contributed by atoms with E-state index in [2.05, 4.69) is 22.9 Å². The number of ether oxygens (including phenoxy) is 3. The molecule has 0 aromatic carbocycles. The van der Waals surface area contributed by atoms with Crippen LogP contribution in [0, 0.1) is 0 Å². The van der Waals surface area contributed by atoms with E-state index in [9.17, 15) is 9.59 Å². The molecule has 0 fully saturated rings. The topological polar surface area (TPSA) is 121 Å². The van der Waals surface area contributed by atoms with Gasteiger partial charge >= 0.3 is 11.9 Å². The Morgan fingerprint density at radius 3 is 1.45 bits per heavy atom. The van der Waals surface area contributed by atoms with Crippen LogP contribution < -0.4 is 0 Å². The number of hydrogen-bond donors (Lipinski definition) is 2. The Morgan fingerprint density at radius 1 is 0.759 bits per heavy atom. The smallest absolute Gasteiger partial charge is 0.333 e. The van der Waals surface area contributed by atoms with Gasteiger partial charge in [-0.1, -0.05) is 13.2 Å². The lowest BCUT2D eigenvalue weighted by Crippen LogP contribution is -2.21. The largest absolute Gasteiger partial charge is 0.459 e. The van der Waals surface area contributed by atoms with Gasteiger partial charge in [-0.05, 0) is 52.4 Å². The molecule has 0 saturated heterocycles. The highest BCUT2D eigenvalue weighted by molar-refractivity contribution is 5.87. The van der Waals surface area contributed by atoms with Gasteiger partial charge < -0.3 is 14.2 Å². The van der Waals surface area contributed by atoms with Crippen molar-refractivity contribution >= 4 is 11.9 Å². The molecule has 168 valence electrons. The van der Waals surface area contributed by atoms with Crippen LogP contribution in [-0.2, 0) is 33.6 Å². The van der Waals surface area contributed by atoms with Crippen LogP contribution in [0.2, 0.25) is 0 Å². The average Bonchev–Trinajstić information content (AvgIpc) is 2.70. The second-order valence-electron chi connectivity index (χ2n) is 6.82. The summed E-state index contributed by atoms with van der Waals surface area (Å²) in [7, 11) is 0. The van der Waals surface area contributed by atoms with Crippen LogP contribution >= 0.6 is 0 Å². The molecule has 29 heavy (non-hydrogen) atoms. The van der Waals surface area contributed by atoms with Gasteiger partial charge in [-0.25, -0.2) is 19.4 Å². The standard InChI is InChI=1S/C20H34O9/c1-15(2)19(21)26-13-17(28-23)9-5-7-11-25-12-8-6-10-18(29-24)14-27-20(22)16(3)4/h17-18,23-24H,1,3,5-14H2,2,4H3. The summed E-state index contributed by atoms with van der Waals surface area (Å²) in [6.45, 7) is 11.1. The molecule has 0 aliphatic heterocycles. The SMILES string of the molecule is C=C(C)C(=O)OCC(CCCCOCCCCC(COC(=O)C(=C)C)OO)OO. The Kier molecular flexibility index (Phi) is 16.1. The molecule has 0 aliphatic carbocycles. The molecule has 0 radical (unpaired) electrons. The van der Waals surface area contributed by atoms with Gasteiger partial charge in [0.05, 0.1) is 0 Å². The predicted molar refractivity (Wildman–Crippen MR) is 105 cm³/mol. The molecule has 9 nitrogen and oxygen atoms in total. The van der Waals surface area contributed by atoms with Gasteiger partial charge in [-0.3, -0.25) is 10.5 Å². The van der Waals surface area contributed by atoms with Gasteiger partial charge in [0.25, 0.3) is 0 Å². The zero-order valence-corrected chi connectivity index (χ0v) is 17.4. The second kappa shape index (κ2) is 17.1. The lowest BCUT2D eigenvalue weighted by atomic mass is 10.1. The summed E-state index contributed by atoms with van der Waals surface area (Å²) in [5, 5.41) is 17.7. The van der Waals surface area contributed by atoms with Crippen molar-refractivity contribution in [3.8, 4) is 0 Å². The normalized spacial score (nSPS) is 12.8. The molecule has 0 aromatic heterocycles. The van der Waals surface area contributed by atoms with Crippen LogP contribution in [-0.4, -0.2) is 61.1 Å². The molecule has 0 spiro atoms. The highest BCUT2D eigenvalue weighted by Crippen LogP contribution is 2.08. The zero-order valence-electron chi connectivity index (χ0n) is 17.4. The van der Waals surface area contributed by atoms with Crippen LogP contribution in [0.1, 0.15) is 52.4 Å². The number of esters is 2. The van der Waals surface area contributed by atoms with Crippen molar-refractivity contribution in [2.45, 2.75) is 64.6 Å². The van der Waals surface area contributed by atoms with E-state index in [-0.39, 0.29) is 13.2 Å². The summed E-state index contributed by atoms with van der Waals surface area (Å²) < 4.78 is 15.4. The fourth-order valence-electron chi connectivity index (χ4n) is 2.17. The first-order chi connectivity index (χ1) is 13.8. The molecule has 2 atom stereocenters. The molecule has 2 N–H and O–H groups in total. The molecule has 0 rings (SSSR count). The molecule has 0 heterocycles. The first-order valence-corrected chi connectivity index (χ1v) is 9.65. The van der Waals surface area contributed by atoms with E-state index in [1.54, 1.807) is 13.8 Å². The number of hydrogen-bond acceptors (Lipinski definition) is 9. The summed E-state index contributed by atoms with van der Waals surface area (Å²) in [4.78, 5) is 31.2. The quantitative estimate of drug-likeness (QED) is 0.113. The molecule has 0 amide bonds. The van der Waals surface area contributed by atoms with E-state index in [4.69, 9.17) is 24.7 Å². The van der Waals surface area contributed by atoms with Gasteiger partial charge in [0.1, 0.15) is 25.4 Å². The maximum Gasteiger partial charge on any atom is 0.333 e. The maximum absolute atomic E-state index is 11.3. The third-order valence-corrected chi connectivity index (χ3v) is 3.93. The van der Waals surface area contributed by atoms with Crippen LogP contribution in [0.5, 0.6) is 0 Å². The molecule has 0 aromatic rings. The lowest BCUT2D eigenvalue weighted by molar-refractivity contribution is -0.287. The fraction of sp³-hybridized carbons (Fsp3) is 0.700. The fourth-order valence-corrected chi connectivity index (χ4v) is 2.17. The van der Waals surface area contributed by atoms with Crippen molar-refractivity contribution in [3.63, 3.8) is 0 Å². The summed E-state index contributed by atoms with van der Waals surface area (Å²) in [5.74, 6) is -1.03. The number of carbonyl (C=O) groups excluding carboxylic acids is 2. The van der Waals surface area contributed by atoms with Crippen LogP contribution in [0.3, 0.4) is 0 Å². The Morgan fingerprint density at radius 2 is 1.14 bits per heavy atom. The molecule has 0 bridgehead atoms. The van der Waals surface area contributed by atoms with E-state index in [0.717, 1.165) is 25.7 Å². The van der Waals surface area contributed by atoms with Crippen LogP contribution in [0.4, 0.5) is 0 Å². The molecule has 0 saturated carbocycles. The Hall–Kier alpha value is -1.78. The van der Waals surface area contributed by atoms with E-state index < -0.39 is 24.1 Å². The molecule has 2 unspecified atom stereocenters. The molecular formula is C20H34O9. The van der Waals surface area contributed by atoms with Crippen LogP contribution in [0.15, 0.2) is 24.3 Å². The van der Waals surface area contributed by atoms with Crippen molar-refractivity contribution in [2.75, 3.05) is 26.4 Å². The Balaban J connectivity index is 3.66. The summed E-state index contributed by atoms with van der Waals surface area (Å²) in [5.41, 5.74) is 0.583. The third-order valence-electron chi connectivity index (χ3n) is 3.93. The van der Waals surface area contributed by atoms with Crippen molar-refractivity contribution in [3.05, 3.63) is 24.3 Å². The first kappa shape index (κ1) is 27.2. The Bertz CT molecular complexity index is 460. The van der Waals surface area contributed by atoms with Crippen molar-refractivity contribution in [1.29, 1.82) is 0 Å². The van der Waals surface area contributed by atoms with E-state index in [1.807, 2.05) is 0 Å². The summed E-state index contributed by atoms with van der Waals surface area (Å²) >= 11 is 0. The Labute approximate surface area is 172 Å². The predicted octanol–water partition coefficient (Wildman–Crippen LogP) is 3.30. The van der Waals surface area contributed by atoms with Gasteiger partial charge in [-0.2, -0.15) is 0 Å². The first-order valence-electron chi connectivity index (χ1n) is 9.65. The molecular weight excluding hydrogens is 384 g/mol. The van der Waals surface area contributed by atoms with E-state index in [0.29, 0.717) is 37.2 Å². The van der Waals surface area contributed by atoms with Gasteiger partial charge in [-0.15, -0.1) is 0 Å². The monoisotopic (exact) mass is 418 g/mol. The second-order valence-corrected chi connectivity index (χ2v) is 6.82. The highest BCUT2D eigenvalue weighted by Gasteiger charge is 2.14. The van der Waals surface area contributed by atoms with Crippen molar-refractivity contribution in [1.82, 2.24) is 0 Å². The lowest BCUT2D eigenvalue weighted by Gasteiger charge is -2.14. The van der Waals surface area contributed by atoms with Gasteiger partial charge in [0, 0.05) is 24.4 Å². The molecule has 9 heteroatoms. The number of unbranched alkanes of at least 4 members (excludes halogenated alkanes) is 2. The van der Waals surface area contributed by atoms with Gasteiger partial charge in [0.2, 0.25) is 0 Å². The van der Waals surface area contributed by atoms with Crippen molar-refractivity contribution < 1.29 is 44.1 Å². The van der Waals surface area contributed by atoms with E-state index >= 15 is 0 Å². The number of carbonyl (C=O) groups is 2. The minimum atomic E-state index is -0.576. The average molecular weight is 418 g/mol. The third kappa shape index (κ3) is 14.8. The highest BCUT2D eigenvalue weighted by atomic mass is 17.1. The molecule has 0 aliphatic rings.